The Bertz CT molecular complexity index is 1020. The fourth-order valence-electron chi connectivity index (χ4n) is 2.92. The van der Waals surface area contributed by atoms with Gasteiger partial charge in [0.25, 0.3) is 5.91 Å². The number of nitrogens with zero attached hydrogens (tertiary/aromatic N) is 3. The van der Waals surface area contributed by atoms with Crippen LogP contribution in [0.15, 0.2) is 35.1 Å². The van der Waals surface area contributed by atoms with Crippen molar-refractivity contribution in [2.75, 3.05) is 50.5 Å². The van der Waals surface area contributed by atoms with E-state index in [2.05, 4.69) is 23.7 Å². The van der Waals surface area contributed by atoms with Gasteiger partial charge >= 0.3 is 0 Å². The van der Waals surface area contributed by atoms with Crippen molar-refractivity contribution in [1.29, 1.82) is 0 Å². The Balaban J connectivity index is 0.00000320. The zero-order chi connectivity index (χ0) is 21.0. The van der Waals surface area contributed by atoms with Crippen LogP contribution in [0.3, 0.4) is 0 Å². The summed E-state index contributed by atoms with van der Waals surface area (Å²) in [5, 5.41) is 0.498. The minimum Gasteiger partial charge on any atom is -0.494 e. The van der Waals surface area contributed by atoms with Crippen LogP contribution in [-0.2, 0) is 24.1 Å². The first-order valence-electron chi connectivity index (χ1n) is 9.43. The average molecular weight is 476 g/mol. The Kier molecular flexibility index (Phi) is 8.48. The smallest absolute Gasteiger partial charge is 0.298 e. The van der Waals surface area contributed by atoms with Crippen LogP contribution in [0.5, 0.6) is 0 Å². The minimum absolute atomic E-state index is 0. The molecule has 0 unspecified atom stereocenters. The molecule has 8 nitrogen and oxygen atoms in total. The summed E-state index contributed by atoms with van der Waals surface area (Å²) in [4.78, 5) is 21.7. The Labute approximate surface area is 186 Å². The largest absolute Gasteiger partial charge is 0.494 e. The van der Waals surface area contributed by atoms with Crippen molar-refractivity contribution in [3.8, 4) is 0 Å². The second-order valence-corrected chi connectivity index (χ2v) is 9.61. The van der Waals surface area contributed by atoms with Gasteiger partial charge in [-0.25, -0.2) is 13.4 Å². The standard InChI is InChI=1S/C19H25N3O5S2.ClH/c1-4-21(5-2)8-9-22(18(23)16-13-26-10-11-27-16)19-20-15-7-6-14(29(3,24)25)12-17(15)28-19;/h6-7,12-13H,4-5,8-11H2,1-3H3;1H. The van der Waals surface area contributed by atoms with E-state index in [0.29, 0.717) is 41.7 Å². The van der Waals surface area contributed by atoms with Crippen LogP contribution in [0.25, 0.3) is 10.2 Å². The van der Waals surface area contributed by atoms with Crippen molar-refractivity contribution in [1.82, 2.24) is 9.88 Å². The number of ether oxygens (including phenoxy) is 2. The Morgan fingerprint density at radius 2 is 1.93 bits per heavy atom. The first-order chi connectivity index (χ1) is 13.8. The third-order valence-corrected chi connectivity index (χ3v) is 6.80. The van der Waals surface area contributed by atoms with E-state index in [9.17, 15) is 13.2 Å². The third-order valence-electron chi connectivity index (χ3n) is 4.65. The molecule has 1 aliphatic rings. The van der Waals surface area contributed by atoms with Crippen LogP contribution >= 0.6 is 23.7 Å². The maximum absolute atomic E-state index is 13.1. The summed E-state index contributed by atoms with van der Waals surface area (Å²) in [7, 11) is -3.32. The molecule has 0 bridgehead atoms. The van der Waals surface area contributed by atoms with Gasteiger partial charge in [-0.15, -0.1) is 12.4 Å². The summed E-state index contributed by atoms with van der Waals surface area (Å²) in [6.07, 6.45) is 2.51. The monoisotopic (exact) mass is 475 g/mol. The fraction of sp³-hybridized carbons (Fsp3) is 0.474. The molecule has 0 spiro atoms. The molecule has 0 N–H and O–H groups in total. The van der Waals surface area contributed by atoms with Crippen molar-refractivity contribution in [2.24, 2.45) is 0 Å². The van der Waals surface area contributed by atoms with Gasteiger partial charge in [0.1, 0.15) is 19.5 Å². The highest BCUT2D eigenvalue weighted by atomic mass is 35.5. The lowest BCUT2D eigenvalue weighted by molar-refractivity contribution is -0.119. The highest BCUT2D eigenvalue weighted by Crippen LogP contribution is 2.31. The van der Waals surface area contributed by atoms with Crippen molar-refractivity contribution in [3.63, 3.8) is 0 Å². The van der Waals surface area contributed by atoms with Gasteiger partial charge in [0.15, 0.2) is 15.0 Å². The number of sulfone groups is 1. The molecule has 2 aromatic rings. The van der Waals surface area contributed by atoms with Gasteiger partial charge in [-0.05, 0) is 31.3 Å². The molecule has 0 atom stereocenters. The van der Waals surface area contributed by atoms with Crippen molar-refractivity contribution < 1.29 is 22.7 Å². The van der Waals surface area contributed by atoms with E-state index in [4.69, 9.17) is 9.47 Å². The summed E-state index contributed by atoms with van der Waals surface area (Å²) in [6.45, 7) is 7.72. The summed E-state index contributed by atoms with van der Waals surface area (Å²) >= 11 is 1.28. The molecular formula is C19H26ClN3O5S2. The quantitative estimate of drug-likeness (QED) is 0.579. The summed E-state index contributed by atoms with van der Waals surface area (Å²) in [5.74, 6) is -0.175. The third kappa shape index (κ3) is 5.63. The van der Waals surface area contributed by atoms with E-state index in [0.717, 1.165) is 13.1 Å². The van der Waals surface area contributed by atoms with E-state index >= 15 is 0 Å². The number of anilines is 1. The van der Waals surface area contributed by atoms with Gasteiger partial charge in [0, 0.05) is 19.3 Å². The topological polar surface area (TPSA) is 89.0 Å². The Morgan fingerprint density at radius 1 is 1.20 bits per heavy atom. The molecule has 1 amide bonds. The lowest BCUT2D eigenvalue weighted by Crippen LogP contribution is -2.40. The van der Waals surface area contributed by atoms with Crippen LogP contribution < -0.4 is 4.90 Å². The molecule has 1 aliphatic heterocycles. The first kappa shape index (κ1) is 24.4. The number of hydrogen-bond acceptors (Lipinski definition) is 8. The highest BCUT2D eigenvalue weighted by Gasteiger charge is 2.26. The lowest BCUT2D eigenvalue weighted by Gasteiger charge is -2.26. The van der Waals surface area contributed by atoms with E-state index < -0.39 is 9.84 Å². The van der Waals surface area contributed by atoms with Crippen LogP contribution in [0.1, 0.15) is 13.8 Å². The molecule has 11 heteroatoms. The summed E-state index contributed by atoms with van der Waals surface area (Å²) in [6, 6.07) is 4.79. The number of hydrogen-bond donors (Lipinski definition) is 0. The molecular weight excluding hydrogens is 450 g/mol. The summed E-state index contributed by atoms with van der Waals surface area (Å²) < 4.78 is 35.1. The van der Waals surface area contributed by atoms with E-state index in [-0.39, 0.29) is 29.0 Å². The number of aromatic nitrogens is 1. The SMILES string of the molecule is CCN(CC)CCN(C(=O)C1=COCCO1)c1nc2ccc(S(C)(=O)=O)cc2s1.Cl. The first-order valence-corrected chi connectivity index (χ1v) is 12.1. The van der Waals surface area contributed by atoms with Crippen LogP contribution in [0.4, 0.5) is 5.13 Å². The number of fused-ring (bicyclic) bond motifs is 1. The molecule has 166 valence electrons. The lowest BCUT2D eigenvalue weighted by atomic mass is 10.3. The number of rotatable bonds is 8. The number of benzene rings is 1. The molecule has 0 saturated heterocycles. The Morgan fingerprint density at radius 3 is 2.53 bits per heavy atom. The zero-order valence-corrected chi connectivity index (χ0v) is 19.6. The van der Waals surface area contributed by atoms with Gasteiger partial charge in [-0.2, -0.15) is 0 Å². The van der Waals surface area contributed by atoms with E-state index in [1.165, 1.54) is 29.9 Å². The normalized spacial score (nSPS) is 13.9. The van der Waals surface area contributed by atoms with Crippen molar-refractivity contribution >= 4 is 54.8 Å². The molecule has 30 heavy (non-hydrogen) atoms. The molecule has 2 heterocycles. The van der Waals surface area contributed by atoms with Gasteiger partial charge < -0.3 is 14.4 Å². The predicted octanol–water partition coefficient (Wildman–Crippen LogP) is 2.68. The van der Waals surface area contributed by atoms with Gasteiger partial charge in [0.05, 0.1) is 15.1 Å². The average Bonchev–Trinajstić information content (AvgIpc) is 3.14. The number of halogens is 1. The fourth-order valence-corrected chi connectivity index (χ4v) is 4.67. The number of amides is 1. The van der Waals surface area contributed by atoms with Gasteiger partial charge in [0.2, 0.25) is 5.76 Å². The second-order valence-electron chi connectivity index (χ2n) is 6.58. The molecule has 0 fully saturated rings. The van der Waals surface area contributed by atoms with Crippen molar-refractivity contribution in [2.45, 2.75) is 18.7 Å². The number of carbonyl (C=O) groups excluding carboxylic acids is 1. The van der Waals surface area contributed by atoms with Crippen LogP contribution in [0.2, 0.25) is 0 Å². The van der Waals surface area contributed by atoms with E-state index in [1.54, 1.807) is 17.0 Å². The van der Waals surface area contributed by atoms with E-state index in [1.807, 2.05) is 0 Å². The minimum atomic E-state index is -3.32. The molecule has 3 rings (SSSR count). The molecule has 0 radical (unpaired) electrons. The molecule has 0 saturated carbocycles. The van der Waals surface area contributed by atoms with Gasteiger partial charge in [-0.1, -0.05) is 25.2 Å². The van der Waals surface area contributed by atoms with Crippen molar-refractivity contribution in [3.05, 3.63) is 30.2 Å². The van der Waals surface area contributed by atoms with Crippen LogP contribution in [-0.4, -0.2) is 69.9 Å². The Hall–Kier alpha value is -1.88. The summed E-state index contributed by atoms with van der Waals surface area (Å²) in [5.41, 5.74) is 0.646. The highest BCUT2D eigenvalue weighted by molar-refractivity contribution is 7.90. The molecule has 1 aromatic carbocycles. The maximum Gasteiger partial charge on any atom is 0.298 e. The van der Waals surface area contributed by atoms with Crippen LogP contribution in [0, 0.1) is 0 Å². The number of likely N-dealkylation sites (N-methyl/N-ethyl adjacent to an activating group) is 1. The maximum atomic E-state index is 13.1. The number of carbonyl (C=O) groups is 1. The molecule has 0 aliphatic carbocycles. The zero-order valence-electron chi connectivity index (χ0n) is 17.2. The predicted molar refractivity (Wildman–Crippen MR) is 120 cm³/mol. The molecule has 1 aromatic heterocycles. The number of thiazole rings is 1. The second kappa shape index (κ2) is 10.4. The van der Waals surface area contributed by atoms with Gasteiger partial charge in [-0.3, -0.25) is 9.69 Å².